The Balaban J connectivity index is 1.77. The molecule has 3 unspecified atom stereocenters. The highest BCUT2D eigenvalue weighted by molar-refractivity contribution is 7.89. The second-order valence-corrected chi connectivity index (χ2v) is 8.94. The maximum Gasteiger partial charge on any atom is 0.308 e. The first kappa shape index (κ1) is 17.5. The fraction of sp³-hybridized carbons (Fsp3) is 0.412. The van der Waals surface area contributed by atoms with Crippen molar-refractivity contribution in [1.82, 2.24) is 14.5 Å². The number of methoxy groups -OCH3 is 1. The zero-order valence-electron chi connectivity index (χ0n) is 14.1. The summed E-state index contributed by atoms with van der Waals surface area (Å²) in [7, 11) is -2.37. The first-order chi connectivity index (χ1) is 12.4. The molecule has 4 rings (SSSR count). The number of benzene rings is 1. The van der Waals surface area contributed by atoms with Gasteiger partial charge in [0, 0.05) is 28.7 Å². The lowest BCUT2D eigenvalue weighted by molar-refractivity contribution is -0.148. The third kappa shape index (κ3) is 2.72. The molecule has 1 N–H and O–H groups in total. The summed E-state index contributed by atoms with van der Waals surface area (Å²) >= 11 is 5.89. The molecule has 138 valence electrons. The van der Waals surface area contributed by atoms with Gasteiger partial charge in [0.1, 0.15) is 0 Å². The number of carbonyl (C=O) groups excluding carboxylic acids is 1. The molecular weight excluding hydrogens is 378 g/mol. The highest BCUT2D eigenvalue weighted by Gasteiger charge is 2.49. The highest BCUT2D eigenvalue weighted by Crippen LogP contribution is 2.46. The number of ether oxygens (including phenoxy) is 1. The van der Waals surface area contributed by atoms with Crippen LogP contribution in [0.1, 0.15) is 30.1 Å². The van der Waals surface area contributed by atoms with E-state index in [2.05, 4.69) is 10.2 Å². The van der Waals surface area contributed by atoms with Crippen LogP contribution in [0.2, 0.25) is 5.02 Å². The van der Waals surface area contributed by atoms with E-state index in [0.717, 1.165) is 11.3 Å². The standard InChI is InChI=1S/C17H18ClN3O4S/c1-25-17(22)10-6-12-8-15-14(9-19-20-15)16(7-10)21(12)26(23,24)13-4-2-11(18)3-5-13/h2-5,9-10,12,16H,6-8H2,1H3,(H,19,20). The van der Waals surface area contributed by atoms with E-state index >= 15 is 0 Å². The molecule has 0 spiro atoms. The Morgan fingerprint density at radius 3 is 2.73 bits per heavy atom. The summed E-state index contributed by atoms with van der Waals surface area (Å²) in [5, 5.41) is 7.51. The van der Waals surface area contributed by atoms with E-state index in [0.29, 0.717) is 24.3 Å². The molecule has 26 heavy (non-hydrogen) atoms. The van der Waals surface area contributed by atoms with Crippen LogP contribution in [-0.2, 0) is 26.0 Å². The predicted octanol–water partition coefficient (Wildman–Crippen LogP) is 2.30. The molecule has 3 heterocycles. The van der Waals surface area contributed by atoms with Gasteiger partial charge in [-0.15, -0.1) is 0 Å². The van der Waals surface area contributed by atoms with Gasteiger partial charge in [-0.1, -0.05) is 11.6 Å². The monoisotopic (exact) mass is 395 g/mol. The zero-order valence-corrected chi connectivity index (χ0v) is 15.6. The fourth-order valence-electron chi connectivity index (χ4n) is 4.05. The van der Waals surface area contributed by atoms with Crippen molar-refractivity contribution in [2.24, 2.45) is 5.92 Å². The van der Waals surface area contributed by atoms with Gasteiger partial charge in [0.05, 0.1) is 30.2 Å². The van der Waals surface area contributed by atoms with Crippen LogP contribution in [0, 0.1) is 5.92 Å². The molecule has 2 aromatic rings. The molecule has 7 nitrogen and oxygen atoms in total. The van der Waals surface area contributed by atoms with Crippen molar-refractivity contribution in [1.29, 1.82) is 0 Å². The Labute approximate surface area is 156 Å². The molecule has 2 aliphatic heterocycles. The lowest BCUT2D eigenvalue weighted by Crippen LogP contribution is -2.52. The van der Waals surface area contributed by atoms with Crippen molar-refractivity contribution in [3.63, 3.8) is 0 Å². The normalized spacial score (nSPS) is 25.5. The zero-order chi connectivity index (χ0) is 18.5. The minimum atomic E-state index is -3.73. The summed E-state index contributed by atoms with van der Waals surface area (Å²) in [4.78, 5) is 12.3. The molecule has 3 atom stereocenters. The van der Waals surface area contributed by atoms with Gasteiger partial charge in [0.25, 0.3) is 0 Å². The number of nitrogens with zero attached hydrogens (tertiary/aromatic N) is 2. The average molecular weight is 396 g/mol. The van der Waals surface area contributed by atoms with Gasteiger partial charge in [-0.05, 0) is 37.1 Å². The van der Waals surface area contributed by atoms with E-state index in [9.17, 15) is 13.2 Å². The molecule has 9 heteroatoms. The van der Waals surface area contributed by atoms with E-state index in [1.165, 1.54) is 23.5 Å². The van der Waals surface area contributed by atoms with E-state index in [4.69, 9.17) is 16.3 Å². The quantitative estimate of drug-likeness (QED) is 0.805. The SMILES string of the molecule is COC(=O)C1CC2Cc3[nH]ncc3C(C1)N2S(=O)(=O)c1ccc(Cl)cc1. The molecule has 0 radical (unpaired) electrons. The number of fused-ring (bicyclic) bond motifs is 4. The number of halogens is 1. The van der Waals surface area contributed by atoms with E-state index in [1.807, 2.05) is 0 Å². The van der Waals surface area contributed by atoms with Crippen molar-refractivity contribution in [2.75, 3.05) is 7.11 Å². The molecule has 0 amide bonds. The van der Waals surface area contributed by atoms with Crippen LogP contribution in [0.4, 0.5) is 0 Å². The first-order valence-corrected chi connectivity index (χ1v) is 10.1. The van der Waals surface area contributed by atoms with Crippen LogP contribution in [0.15, 0.2) is 35.4 Å². The van der Waals surface area contributed by atoms with Crippen molar-refractivity contribution < 1.29 is 17.9 Å². The Morgan fingerprint density at radius 2 is 2.04 bits per heavy atom. The molecule has 0 aliphatic carbocycles. The van der Waals surface area contributed by atoms with Crippen LogP contribution in [-0.4, -0.2) is 42.0 Å². The summed E-state index contributed by atoms with van der Waals surface area (Å²) in [6.07, 6.45) is 2.95. The van der Waals surface area contributed by atoms with Crippen LogP contribution < -0.4 is 0 Å². The van der Waals surface area contributed by atoms with Gasteiger partial charge in [-0.3, -0.25) is 9.89 Å². The summed E-state index contributed by atoms with van der Waals surface area (Å²) in [5.74, 6) is -0.620. The molecule has 1 fully saturated rings. The smallest absolute Gasteiger partial charge is 0.308 e. The summed E-state index contributed by atoms with van der Waals surface area (Å²) < 4.78 is 33.1. The third-order valence-corrected chi connectivity index (χ3v) is 7.43. The summed E-state index contributed by atoms with van der Waals surface area (Å²) in [6.45, 7) is 0. The molecule has 0 saturated carbocycles. The number of carbonyl (C=O) groups is 1. The number of sulfonamides is 1. The summed E-state index contributed by atoms with van der Waals surface area (Å²) in [6, 6.07) is 5.38. The number of hydrogen-bond donors (Lipinski definition) is 1. The highest BCUT2D eigenvalue weighted by atomic mass is 35.5. The number of H-pyrrole nitrogens is 1. The van der Waals surface area contributed by atoms with Crippen LogP contribution in [0.3, 0.4) is 0 Å². The van der Waals surface area contributed by atoms with E-state index < -0.39 is 16.1 Å². The number of piperidine rings is 1. The molecule has 2 aliphatic rings. The van der Waals surface area contributed by atoms with Crippen molar-refractivity contribution in [3.05, 3.63) is 46.7 Å². The lowest BCUT2D eigenvalue weighted by Gasteiger charge is -2.46. The maximum absolute atomic E-state index is 13.3. The maximum atomic E-state index is 13.3. The number of aromatic nitrogens is 2. The summed E-state index contributed by atoms with van der Waals surface area (Å²) in [5.41, 5.74) is 1.76. The van der Waals surface area contributed by atoms with Crippen molar-refractivity contribution in [2.45, 2.75) is 36.2 Å². The van der Waals surface area contributed by atoms with Crippen LogP contribution in [0.5, 0.6) is 0 Å². The Kier molecular flexibility index (Phi) is 4.29. The van der Waals surface area contributed by atoms with Gasteiger partial charge < -0.3 is 4.74 Å². The van der Waals surface area contributed by atoms with Gasteiger partial charge >= 0.3 is 5.97 Å². The molecule has 1 aromatic carbocycles. The minimum absolute atomic E-state index is 0.195. The topological polar surface area (TPSA) is 92.4 Å². The second kappa shape index (κ2) is 6.37. The Bertz CT molecular complexity index is 941. The minimum Gasteiger partial charge on any atom is -0.469 e. The first-order valence-electron chi connectivity index (χ1n) is 8.31. The molecule has 1 aromatic heterocycles. The van der Waals surface area contributed by atoms with Crippen molar-refractivity contribution >= 4 is 27.6 Å². The second-order valence-electron chi connectivity index (χ2n) is 6.66. The van der Waals surface area contributed by atoms with Crippen molar-refractivity contribution in [3.8, 4) is 0 Å². The van der Waals surface area contributed by atoms with E-state index in [-0.39, 0.29) is 22.8 Å². The van der Waals surface area contributed by atoms with Crippen LogP contribution >= 0.6 is 11.6 Å². The predicted molar refractivity (Wildman–Crippen MR) is 94.0 cm³/mol. The van der Waals surface area contributed by atoms with Gasteiger partial charge in [0.2, 0.25) is 10.0 Å². The molecular formula is C17H18ClN3O4S. The Morgan fingerprint density at radius 1 is 1.31 bits per heavy atom. The number of esters is 1. The fourth-order valence-corrected chi connectivity index (χ4v) is 5.99. The average Bonchev–Trinajstić information content (AvgIpc) is 3.08. The molecule has 2 bridgehead atoms. The van der Waals surface area contributed by atoms with Crippen LogP contribution in [0.25, 0.3) is 0 Å². The third-order valence-electron chi connectivity index (χ3n) is 5.21. The molecule has 1 saturated heterocycles. The number of rotatable bonds is 3. The van der Waals surface area contributed by atoms with Gasteiger partial charge in [0.15, 0.2) is 0 Å². The number of nitrogens with one attached hydrogen (secondary N) is 1. The van der Waals surface area contributed by atoms with E-state index in [1.54, 1.807) is 18.3 Å². The van der Waals surface area contributed by atoms with Gasteiger partial charge in [-0.25, -0.2) is 8.42 Å². The number of hydrogen-bond acceptors (Lipinski definition) is 5. The van der Waals surface area contributed by atoms with Gasteiger partial charge in [-0.2, -0.15) is 9.40 Å². The Hall–Kier alpha value is -1.90. The number of aromatic amines is 1. The largest absolute Gasteiger partial charge is 0.469 e. The lowest BCUT2D eigenvalue weighted by atomic mass is 9.79.